The molecular weight excluding hydrogens is 322 g/mol. The number of amides is 1. The Balaban J connectivity index is 1.48. The second kappa shape index (κ2) is 7.44. The van der Waals surface area contributed by atoms with Crippen molar-refractivity contribution in [2.24, 2.45) is 0 Å². The third kappa shape index (κ3) is 4.22. The van der Waals surface area contributed by atoms with Gasteiger partial charge in [-0.2, -0.15) is 0 Å². The second-order valence-corrected chi connectivity index (χ2v) is 6.01. The maximum absolute atomic E-state index is 12.2. The maximum Gasteiger partial charge on any atom is 0.251 e. The highest BCUT2D eigenvalue weighted by Crippen LogP contribution is 2.35. The van der Waals surface area contributed by atoms with Gasteiger partial charge in [0.25, 0.3) is 5.91 Å². The summed E-state index contributed by atoms with van der Waals surface area (Å²) in [6.07, 6.45) is -0.819. The molecule has 0 saturated heterocycles. The summed E-state index contributed by atoms with van der Waals surface area (Å²) in [7, 11) is 0. The normalized spacial score (nSPS) is 13.4. The number of aliphatic hydroxyl groups is 1. The highest BCUT2D eigenvalue weighted by molar-refractivity contribution is 5.95. The van der Waals surface area contributed by atoms with E-state index in [9.17, 15) is 9.90 Å². The Morgan fingerprint density at radius 3 is 2.80 bits per heavy atom. The number of aliphatic hydroxyl groups excluding tert-OH is 1. The van der Waals surface area contributed by atoms with Crippen LogP contribution in [0, 0.1) is 13.8 Å². The Morgan fingerprint density at radius 2 is 2.00 bits per heavy atom. The highest BCUT2D eigenvalue weighted by Gasteiger charge is 2.15. The average molecular weight is 343 g/mol. The first-order valence-corrected chi connectivity index (χ1v) is 8.09. The molecule has 1 aliphatic heterocycles. The molecule has 0 aromatic heterocycles. The lowest BCUT2D eigenvalue weighted by atomic mass is 10.1. The zero-order chi connectivity index (χ0) is 17.8. The minimum atomic E-state index is -0.819. The van der Waals surface area contributed by atoms with Gasteiger partial charge in [0, 0.05) is 18.2 Å². The topological polar surface area (TPSA) is 77.0 Å². The summed E-state index contributed by atoms with van der Waals surface area (Å²) in [6.45, 7) is 4.24. The number of nitrogens with one attached hydrogen (secondary N) is 1. The number of benzene rings is 2. The molecule has 0 unspecified atom stereocenters. The first-order valence-electron chi connectivity index (χ1n) is 8.09. The van der Waals surface area contributed by atoms with E-state index in [-0.39, 0.29) is 25.9 Å². The molecule has 0 bridgehead atoms. The minimum absolute atomic E-state index is 0.0623. The Morgan fingerprint density at radius 1 is 1.20 bits per heavy atom. The number of ether oxygens (including phenoxy) is 3. The van der Waals surface area contributed by atoms with Crippen LogP contribution in [-0.4, -0.2) is 37.1 Å². The Kier molecular flexibility index (Phi) is 5.09. The van der Waals surface area contributed by atoms with Gasteiger partial charge >= 0.3 is 0 Å². The Labute approximate surface area is 146 Å². The maximum atomic E-state index is 12.2. The predicted octanol–water partition coefficient (Wildman–Crippen LogP) is 2.20. The first kappa shape index (κ1) is 17.1. The molecule has 0 saturated carbocycles. The summed E-state index contributed by atoms with van der Waals surface area (Å²) in [4.78, 5) is 12.2. The molecule has 0 aliphatic carbocycles. The smallest absolute Gasteiger partial charge is 0.251 e. The number of carbonyl (C=O) groups excluding carboxylic acids is 1. The van der Waals surface area contributed by atoms with E-state index in [4.69, 9.17) is 14.2 Å². The fourth-order valence-corrected chi connectivity index (χ4v) is 2.59. The molecule has 0 spiro atoms. The van der Waals surface area contributed by atoms with Crippen molar-refractivity contribution >= 4 is 5.91 Å². The van der Waals surface area contributed by atoms with Crippen LogP contribution in [0.3, 0.4) is 0 Å². The highest BCUT2D eigenvalue weighted by atomic mass is 16.7. The molecular formula is C19H21NO5. The largest absolute Gasteiger partial charge is 0.491 e. The van der Waals surface area contributed by atoms with Crippen LogP contribution in [0.4, 0.5) is 0 Å². The van der Waals surface area contributed by atoms with Crippen LogP contribution < -0.4 is 19.5 Å². The van der Waals surface area contributed by atoms with Gasteiger partial charge in [-0.3, -0.25) is 4.79 Å². The van der Waals surface area contributed by atoms with Gasteiger partial charge in [0.1, 0.15) is 18.5 Å². The van der Waals surface area contributed by atoms with Crippen molar-refractivity contribution < 1.29 is 24.1 Å². The van der Waals surface area contributed by atoms with Crippen LogP contribution in [0.15, 0.2) is 36.4 Å². The molecule has 3 rings (SSSR count). The van der Waals surface area contributed by atoms with Crippen molar-refractivity contribution in [2.45, 2.75) is 20.0 Å². The quantitative estimate of drug-likeness (QED) is 0.841. The van der Waals surface area contributed by atoms with Crippen LogP contribution in [0.2, 0.25) is 0 Å². The molecule has 0 radical (unpaired) electrons. The molecule has 1 amide bonds. The molecule has 2 N–H and O–H groups in total. The number of carbonyl (C=O) groups is 1. The monoisotopic (exact) mass is 343 g/mol. The molecule has 1 aliphatic rings. The Hall–Kier alpha value is -2.73. The standard InChI is InChI=1S/C19H21NO5/c1-12-3-5-16(13(2)7-12)19(22)20-9-14(21)10-23-15-4-6-17-18(8-15)25-11-24-17/h3-8,14,21H,9-11H2,1-2H3,(H,20,22)/t14-/m1/s1. The van der Waals surface area contributed by atoms with Crippen LogP contribution >= 0.6 is 0 Å². The third-order valence-corrected chi connectivity index (χ3v) is 3.91. The zero-order valence-corrected chi connectivity index (χ0v) is 14.2. The summed E-state index contributed by atoms with van der Waals surface area (Å²) >= 11 is 0. The number of hydrogen-bond acceptors (Lipinski definition) is 5. The number of aryl methyl sites for hydroxylation is 2. The summed E-state index contributed by atoms with van der Waals surface area (Å²) < 4.78 is 16.0. The molecule has 0 fully saturated rings. The van der Waals surface area contributed by atoms with Gasteiger partial charge in [-0.1, -0.05) is 17.7 Å². The third-order valence-electron chi connectivity index (χ3n) is 3.91. The first-order chi connectivity index (χ1) is 12.0. The van der Waals surface area contributed by atoms with Crippen LogP contribution in [0.5, 0.6) is 17.2 Å². The van der Waals surface area contributed by atoms with E-state index in [0.29, 0.717) is 22.8 Å². The van der Waals surface area contributed by atoms with Gasteiger partial charge in [-0.25, -0.2) is 0 Å². The molecule has 6 heteroatoms. The summed E-state index contributed by atoms with van der Waals surface area (Å²) in [6, 6.07) is 10.8. The fourth-order valence-electron chi connectivity index (χ4n) is 2.59. The van der Waals surface area contributed by atoms with Crippen molar-refractivity contribution in [3.05, 3.63) is 53.1 Å². The van der Waals surface area contributed by atoms with E-state index in [1.807, 2.05) is 26.0 Å². The number of fused-ring (bicyclic) bond motifs is 1. The van der Waals surface area contributed by atoms with E-state index in [0.717, 1.165) is 11.1 Å². The van der Waals surface area contributed by atoms with Gasteiger partial charge < -0.3 is 24.6 Å². The van der Waals surface area contributed by atoms with E-state index >= 15 is 0 Å². The summed E-state index contributed by atoms with van der Waals surface area (Å²) in [5.41, 5.74) is 2.62. The van der Waals surface area contributed by atoms with Gasteiger partial charge in [-0.05, 0) is 37.6 Å². The van der Waals surface area contributed by atoms with E-state index < -0.39 is 6.10 Å². The molecule has 25 heavy (non-hydrogen) atoms. The van der Waals surface area contributed by atoms with E-state index in [1.165, 1.54) is 0 Å². The van der Waals surface area contributed by atoms with Gasteiger partial charge in [-0.15, -0.1) is 0 Å². The number of hydrogen-bond donors (Lipinski definition) is 2. The Bertz CT molecular complexity index is 774. The molecule has 1 atom stereocenters. The van der Waals surface area contributed by atoms with Crippen molar-refractivity contribution in [1.82, 2.24) is 5.32 Å². The molecule has 132 valence electrons. The lowest BCUT2D eigenvalue weighted by molar-refractivity contribution is 0.0843. The van der Waals surface area contributed by atoms with Crippen molar-refractivity contribution in [3.63, 3.8) is 0 Å². The average Bonchev–Trinajstić information content (AvgIpc) is 3.05. The van der Waals surface area contributed by atoms with Gasteiger partial charge in [0.15, 0.2) is 11.5 Å². The SMILES string of the molecule is Cc1ccc(C(=O)NC[C@@H](O)COc2ccc3c(c2)OCO3)c(C)c1. The number of rotatable bonds is 6. The predicted molar refractivity (Wildman–Crippen MR) is 92.3 cm³/mol. The van der Waals surface area contributed by atoms with Gasteiger partial charge in [0.05, 0.1) is 0 Å². The van der Waals surface area contributed by atoms with Crippen LogP contribution in [0.25, 0.3) is 0 Å². The van der Waals surface area contributed by atoms with Crippen molar-refractivity contribution in [1.29, 1.82) is 0 Å². The van der Waals surface area contributed by atoms with Gasteiger partial charge in [0.2, 0.25) is 6.79 Å². The molecule has 1 heterocycles. The van der Waals surface area contributed by atoms with Crippen molar-refractivity contribution in [2.75, 3.05) is 19.9 Å². The fraction of sp³-hybridized carbons (Fsp3) is 0.316. The molecule has 2 aromatic rings. The van der Waals surface area contributed by atoms with Crippen LogP contribution in [0.1, 0.15) is 21.5 Å². The summed E-state index contributed by atoms with van der Waals surface area (Å²) in [5.74, 6) is 1.66. The minimum Gasteiger partial charge on any atom is -0.491 e. The molecule has 6 nitrogen and oxygen atoms in total. The molecule has 2 aromatic carbocycles. The van der Waals surface area contributed by atoms with Crippen LogP contribution in [-0.2, 0) is 0 Å². The zero-order valence-electron chi connectivity index (χ0n) is 14.2. The van der Waals surface area contributed by atoms with Crippen molar-refractivity contribution in [3.8, 4) is 17.2 Å². The lowest BCUT2D eigenvalue weighted by Crippen LogP contribution is -2.35. The van der Waals surface area contributed by atoms with E-state index in [1.54, 1.807) is 24.3 Å². The lowest BCUT2D eigenvalue weighted by Gasteiger charge is -2.14. The summed E-state index contributed by atoms with van der Waals surface area (Å²) in [5, 5.41) is 12.7. The second-order valence-electron chi connectivity index (χ2n) is 6.01. The van der Waals surface area contributed by atoms with E-state index in [2.05, 4.69) is 5.32 Å².